The van der Waals surface area contributed by atoms with Gasteiger partial charge in [0.05, 0.1) is 19.8 Å². The lowest BCUT2D eigenvalue weighted by atomic mass is 10.5. The average molecular weight is 288 g/mol. The van der Waals surface area contributed by atoms with Crippen LogP contribution in [0.3, 0.4) is 0 Å². The highest BCUT2D eigenvalue weighted by atomic mass is 32.2. The Morgan fingerprint density at radius 2 is 2.11 bits per heavy atom. The first-order chi connectivity index (χ1) is 9.30. The van der Waals surface area contributed by atoms with E-state index in [2.05, 4.69) is 15.4 Å². The zero-order valence-corrected chi connectivity index (χ0v) is 12.0. The van der Waals surface area contributed by atoms with Crippen molar-refractivity contribution in [3.8, 4) is 5.88 Å². The van der Waals surface area contributed by atoms with E-state index in [1.165, 1.54) is 11.8 Å². The highest BCUT2D eigenvalue weighted by Crippen LogP contribution is 2.18. The number of aromatic nitrogens is 2. The van der Waals surface area contributed by atoms with E-state index >= 15 is 0 Å². The Bertz CT molecular complexity index is 346. The maximum absolute atomic E-state index is 5.53. The number of hydrazine groups is 1. The Labute approximate surface area is 117 Å². The number of ether oxygens (including phenoxy) is 3. The van der Waals surface area contributed by atoms with Crippen molar-refractivity contribution in [3.63, 3.8) is 0 Å². The maximum Gasteiger partial charge on any atom is 0.219 e. The number of nitrogens with zero attached hydrogens (tertiary/aromatic N) is 2. The molecule has 1 rings (SSSR count). The third kappa shape index (κ3) is 6.58. The van der Waals surface area contributed by atoms with Crippen LogP contribution >= 0.6 is 11.8 Å². The van der Waals surface area contributed by atoms with Crippen LogP contribution < -0.4 is 16.0 Å². The maximum atomic E-state index is 5.53. The normalized spacial score (nSPS) is 10.5. The van der Waals surface area contributed by atoms with Crippen molar-refractivity contribution in [3.05, 3.63) is 6.07 Å². The van der Waals surface area contributed by atoms with E-state index in [9.17, 15) is 0 Å². The summed E-state index contributed by atoms with van der Waals surface area (Å²) in [5, 5.41) is 0.613. The largest absolute Gasteiger partial charge is 0.477 e. The predicted octanol–water partition coefficient (Wildman–Crippen LogP) is 0.916. The lowest BCUT2D eigenvalue weighted by molar-refractivity contribution is 0.0641. The van der Waals surface area contributed by atoms with E-state index in [1.807, 2.05) is 6.26 Å². The summed E-state index contributed by atoms with van der Waals surface area (Å²) in [7, 11) is 1.65. The van der Waals surface area contributed by atoms with Crippen molar-refractivity contribution < 1.29 is 14.2 Å². The van der Waals surface area contributed by atoms with Crippen LogP contribution in [0.5, 0.6) is 5.88 Å². The third-order valence-electron chi connectivity index (χ3n) is 2.13. The number of hydrogen-bond donors (Lipinski definition) is 2. The van der Waals surface area contributed by atoms with Crippen LogP contribution in [0.15, 0.2) is 11.2 Å². The number of nitrogens with two attached hydrogens (primary N) is 1. The second kappa shape index (κ2) is 9.79. The fraction of sp³-hybridized carbons (Fsp3) is 0.636. The zero-order valence-electron chi connectivity index (χ0n) is 11.2. The van der Waals surface area contributed by atoms with Crippen LogP contribution in [0.1, 0.15) is 6.42 Å². The third-order valence-corrected chi connectivity index (χ3v) is 2.68. The molecule has 0 bridgehead atoms. The van der Waals surface area contributed by atoms with Crippen molar-refractivity contribution in [1.29, 1.82) is 0 Å². The average Bonchev–Trinajstić information content (AvgIpc) is 2.45. The molecule has 0 atom stereocenters. The number of rotatable bonds is 10. The summed E-state index contributed by atoms with van der Waals surface area (Å²) < 4.78 is 15.7. The summed E-state index contributed by atoms with van der Waals surface area (Å²) in [6.07, 6.45) is 2.68. The molecule has 108 valence electrons. The molecule has 19 heavy (non-hydrogen) atoms. The molecule has 0 saturated heterocycles. The van der Waals surface area contributed by atoms with Gasteiger partial charge in [-0.2, -0.15) is 4.98 Å². The van der Waals surface area contributed by atoms with E-state index in [4.69, 9.17) is 20.1 Å². The van der Waals surface area contributed by atoms with Crippen LogP contribution in [-0.2, 0) is 9.47 Å². The Balaban J connectivity index is 2.28. The summed E-state index contributed by atoms with van der Waals surface area (Å²) in [4.78, 5) is 8.37. The van der Waals surface area contributed by atoms with Crippen molar-refractivity contribution in [2.24, 2.45) is 5.84 Å². The predicted molar refractivity (Wildman–Crippen MR) is 74.4 cm³/mol. The summed E-state index contributed by atoms with van der Waals surface area (Å²) in [5.41, 5.74) is 2.48. The van der Waals surface area contributed by atoms with Crippen molar-refractivity contribution in [2.45, 2.75) is 11.6 Å². The van der Waals surface area contributed by atoms with Gasteiger partial charge in [-0.05, 0) is 6.26 Å². The minimum absolute atomic E-state index is 0.504. The van der Waals surface area contributed by atoms with Crippen molar-refractivity contribution in [2.75, 3.05) is 45.2 Å². The Morgan fingerprint density at radius 1 is 1.26 bits per heavy atom. The highest BCUT2D eigenvalue weighted by Gasteiger charge is 2.04. The van der Waals surface area contributed by atoms with Crippen LogP contribution in [0.25, 0.3) is 0 Å². The van der Waals surface area contributed by atoms with Gasteiger partial charge >= 0.3 is 0 Å². The van der Waals surface area contributed by atoms with Gasteiger partial charge in [0.25, 0.3) is 0 Å². The monoisotopic (exact) mass is 288 g/mol. The first-order valence-corrected chi connectivity index (χ1v) is 7.11. The summed E-state index contributed by atoms with van der Waals surface area (Å²) in [6.45, 7) is 2.37. The van der Waals surface area contributed by atoms with Gasteiger partial charge in [0.15, 0.2) is 5.16 Å². The van der Waals surface area contributed by atoms with E-state index in [1.54, 1.807) is 13.2 Å². The molecule has 7 nitrogen and oxygen atoms in total. The fourth-order valence-corrected chi connectivity index (χ4v) is 1.60. The SMILES string of the molecule is COCCOCCCOc1cc(NN)nc(SC)n1. The highest BCUT2D eigenvalue weighted by molar-refractivity contribution is 7.98. The number of nitrogens with one attached hydrogen (secondary N) is 1. The fourth-order valence-electron chi connectivity index (χ4n) is 1.23. The summed E-state index contributed by atoms with van der Waals surface area (Å²) in [5.74, 6) is 6.37. The molecule has 0 amide bonds. The molecule has 1 heterocycles. The lowest BCUT2D eigenvalue weighted by Crippen LogP contribution is -2.11. The quantitative estimate of drug-likeness (QED) is 0.216. The number of hydrogen-bond acceptors (Lipinski definition) is 8. The molecule has 0 aliphatic heterocycles. The zero-order chi connectivity index (χ0) is 13.9. The summed E-state index contributed by atoms with van der Waals surface area (Å²) >= 11 is 1.43. The molecule has 3 N–H and O–H groups in total. The van der Waals surface area contributed by atoms with Gasteiger partial charge in [0.2, 0.25) is 5.88 Å². The lowest BCUT2D eigenvalue weighted by Gasteiger charge is -2.08. The Morgan fingerprint density at radius 3 is 2.79 bits per heavy atom. The molecule has 0 saturated carbocycles. The van der Waals surface area contributed by atoms with Gasteiger partial charge in [0, 0.05) is 26.2 Å². The molecular formula is C11H20N4O3S. The van der Waals surface area contributed by atoms with Crippen molar-refractivity contribution in [1.82, 2.24) is 9.97 Å². The topological polar surface area (TPSA) is 91.5 Å². The number of thioether (sulfide) groups is 1. The van der Waals surface area contributed by atoms with Gasteiger partial charge in [-0.3, -0.25) is 0 Å². The minimum Gasteiger partial charge on any atom is -0.477 e. The smallest absolute Gasteiger partial charge is 0.219 e. The van der Waals surface area contributed by atoms with Crippen LogP contribution in [-0.4, -0.2) is 49.8 Å². The first-order valence-electron chi connectivity index (χ1n) is 5.89. The van der Waals surface area contributed by atoms with E-state index in [0.717, 1.165) is 6.42 Å². The van der Waals surface area contributed by atoms with Crippen LogP contribution in [0.4, 0.5) is 5.82 Å². The Hall–Kier alpha value is -1.09. The summed E-state index contributed by atoms with van der Waals surface area (Å²) in [6, 6.07) is 1.66. The molecule has 1 aromatic heterocycles. The molecule has 0 spiro atoms. The van der Waals surface area contributed by atoms with E-state index < -0.39 is 0 Å². The molecule has 1 aromatic rings. The molecule has 0 radical (unpaired) electrons. The van der Waals surface area contributed by atoms with Crippen LogP contribution in [0, 0.1) is 0 Å². The number of methoxy groups -OCH3 is 1. The molecule has 0 aliphatic carbocycles. The molecule has 0 aromatic carbocycles. The molecule has 8 heteroatoms. The number of anilines is 1. The van der Waals surface area contributed by atoms with Gasteiger partial charge in [-0.15, -0.1) is 0 Å². The van der Waals surface area contributed by atoms with Crippen molar-refractivity contribution >= 4 is 17.6 Å². The molecule has 0 aliphatic rings. The van der Waals surface area contributed by atoms with Gasteiger partial charge in [-0.25, -0.2) is 10.8 Å². The second-order valence-corrected chi connectivity index (χ2v) is 4.30. The van der Waals surface area contributed by atoms with E-state index in [-0.39, 0.29) is 0 Å². The van der Waals surface area contributed by atoms with Crippen LogP contribution in [0.2, 0.25) is 0 Å². The van der Waals surface area contributed by atoms with Gasteiger partial charge < -0.3 is 19.6 Å². The van der Waals surface area contributed by atoms with Gasteiger partial charge in [-0.1, -0.05) is 11.8 Å². The van der Waals surface area contributed by atoms with E-state index in [0.29, 0.717) is 43.3 Å². The minimum atomic E-state index is 0.504. The molecule has 0 unspecified atom stereocenters. The van der Waals surface area contributed by atoms with Gasteiger partial charge in [0.1, 0.15) is 5.82 Å². The Kier molecular flexibility index (Phi) is 8.23. The standard InChI is InChI=1S/C11H20N4O3S/c1-16-6-7-17-4-3-5-18-10-8-9(15-12)13-11(14-10)19-2/h8H,3-7,12H2,1-2H3,(H,13,14,15). The molecular weight excluding hydrogens is 268 g/mol. The molecule has 0 fully saturated rings. The second-order valence-electron chi connectivity index (χ2n) is 3.53. The first kappa shape index (κ1) is 16.0. The number of nitrogen functional groups attached to an aromatic ring is 1.